The van der Waals surface area contributed by atoms with Gasteiger partial charge in [-0.2, -0.15) is 5.26 Å². The largest absolute Gasteiger partial charge is 0.459 e. The third-order valence-corrected chi connectivity index (χ3v) is 15.4. The molecule has 1 saturated carbocycles. The molecular formula is C60H60N4O9S. The van der Waals surface area contributed by atoms with E-state index < -0.39 is 22.7 Å². The number of ether oxygens (including phenoxy) is 3. The maximum Gasteiger partial charge on any atom is 0.269 e. The fraction of sp³-hybridized carbons (Fsp3) is 0.317. The topological polar surface area (TPSA) is 177 Å². The van der Waals surface area contributed by atoms with E-state index in [0.29, 0.717) is 52.5 Å². The number of amides is 1. The molecule has 6 atom stereocenters. The summed E-state index contributed by atoms with van der Waals surface area (Å²) in [5.41, 5.74) is 4.67. The molecule has 0 saturated heterocycles. The number of oxime groups is 1. The first-order chi connectivity index (χ1) is 36.2. The predicted molar refractivity (Wildman–Crippen MR) is 286 cm³/mol. The lowest BCUT2D eigenvalue weighted by molar-refractivity contribution is -0.384. The molecule has 1 aliphatic heterocycles. The number of fused-ring (bicyclic) bond motifs is 3. The third-order valence-electron chi connectivity index (χ3n) is 14.6. The van der Waals surface area contributed by atoms with Gasteiger partial charge in [0.25, 0.3) is 11.6 Å². The monoisotopic (exact) mass is 1010 g/mol. The summed E-state index contributed by atoms with van der Waals surface area (Å²) in [5.74, 6) is -0.995. The van der Waals surface area contributed by atoms with E-state index in [0.717, 1.165) is 58.1 Å². The molecule has 3 aliphatic rings. The summed E-state index contributed by atoms with van der Waals surface area (Å²) >= 11 is 1.65. The maximum atomic E-state index is 15.8. The Balaban J connectivity index is 1.27. The average molecular weight is 1010 g/mol. The lowest BCUT2D eigenvalue weighted by Crippen LogP contribution is -2.70. The van der Waals surface area contributed by atoms with E-state index in [2.05, 4.69) is 30.9 Å². The minimum atomic E-state index is -1.57. The Morgan fingerprint density at radius 2 is 1.66 bits per heavy atom. The number of allylic oxidation sites excluding steroid dienone is 1. The van der Waals surface area contributed by atoms with Crippen molar-refractivity contribution in [1.29, 1.82) is 5.26 Å². The van der Waals surface area contributed by atoms with E-state index in [-0.39, 0.29) is 68.7 Å². The molecule has 6 unspecified atom stereocenters. The molecule has 74 heavy (non-hydrogen) atoms. The van der Waals surface area contributed by atoms with Crippen molar-refractivity contribution in [3.63, 3.8) is 0 Å². The number of nitriles is 1. The van der Waals surface area contributed by atoms with Crippen molar-refractivity contribution in [3.05, 3.63) is 196 Å². The summed E-state index contributed by atoms with van der Waals surface area (Å²) < 4.78 is 21.5. The summed E-state index contributed by atoms with van der Waals surface area (Å²) in [4.78, 5) is 36.1. The zero-order valence-corrected chi connectivity index (χ0v) is 42.2. The molecule has 9 rings (SSSR count). The van der Waals surface area contributed by atoms with Crippen molar-refractivity contribution in [2.45, 2.75) is 80.7 Å². The number of benzene rings is 6. The Morgan fingerprint density at radius 1 is 0.932 bits per heavy atom. The first-order valence-electron chi connectivity index (χ1n) is 25.2. The molecule has 14 heteroatoms. The molecule has 1 fully saturated rings. The third kappa shape index (κ3) is 11.0. The van der Waals surface area contributed by atoms with Gasteiger partial charge >= 0.3 is 0 Å². The summed E-state index contributed by atoms with van der Waals surface area (Å²) in [6.45, 7) is 4.42. The molecule has 2 N–H and O–H groups in total. The molecular weight excluding hydrogens is 953 g/mol. The molecule has 0 aromatic heterocycles. The molecule has 0 bridgehead atoms. The van der Waals surface area contributed by atoms with E-state index in [9.17, 15) is 25.6 Å². The Kier molecular flexibility index (Phi) is 16.5. The van der Waals surface area contributed by atoms with Crippen LogP contribution in [0.4, 0.5) is 5.69 Å². The number of unbranched alkanes of at least 4 members (excludes halogenated alkanes) is 2. The predicted octanol–water partition coefficient (Wildman–Crippen LogP) is 12.3. The summed E-state index contributed by atoms with van der Waals surface area (Å²) in [5, 5.41) is 48.5. The average Bonchev–Trinajstić information content (AvgIpc) is 3.43. The van der Waals surface area contributed by atoms with Crippen molar-refractivity contribution in [2.75, 3.05) is 26.1 Å². The highest BCUT2D eigenvalue weighted by atomic mass is 32.2. The van der Waals surface area contributed by atoms with Crippen LogP contribution in [0.1, 0.15) is 83.5 Å². The molecule has 6 aromatic rings. The number of thioether (sulfide) groups is 1. The van der Waals surface area contributed by atoms with Gasteiger partial charge in [-0.1, -0.05) is 72.6 Å². The highest BCUT2D eigenvalue weighted by Gasteiger charge is 2.65. The van der Waals surface area contributed by atoms with Gasteiger partial charge in [0.2, 0.25) is 5.79 Å². The smallest absolute Gasteiger partial charge is 0.269 e. The number of hydrogen-bond acceptors (Lipinski definition) is 12. The van der Waals surface area contributed by atoms with Gasteiger partial charge in [0.15, 0.2) is 0 Å². The van der Waals surface area contributed by atoms with Crippen LogP contribution in [0.5, 0.6) is 17.2 Å². The van der Waals surface area contributed by atoms with Crippen molar-refractivity contribution >= 4 is 39.8 Å². The summed E-state index contributed by atoms with van der Waals surface area (Å²) in [7, 11) is 0. The van der Waals surface area contributed by atoms with Gasteiger partial charge < -0.3 is 34.2 Å². The van der Waals surface area contributed by atoms with E-state index >= 15 is 4.79 Å². The molecule has 1 amide bonds. The molecule has 0 spiro atoms. The van der Waals surface area contributed by atoms with Crippen LogP contribution in [-0.4, -0.2) is 69.6 Å². The number of nitro groups is 1. The normalized spacial score (nSPS) is 21.1. The van der Waals surface area contributed by atoms with Gasteiger partial charge in [-0.3, -0.25) is 14.9 Å². The maximum absolute atomic E-state index is 15.8. The number of rotatable bonds is 22. The lowest BCUT2D eigenvalue weighted by Gasteiger charge is -2.60. The molecule has 2 aliphatic carbocycles. The van der Waals surface area contributed by atoms with Crippen LogP contribution in [0.3, 0.4) is 0 Å². The van der Waals surface area contributed by atoms with Crippen molar-refractivity contribution in [2.24, 2.45) is 22.9 Å². The first-order valence-corrected chi connectivity index (χ1v) is 26.4. The van der Waals surface area contributed by atoms with Crippen LogP contribution in [0.15, 0.2) is 168 Å². The van der Waals surface area contributed by atoms with Crippen molar-refractivity contribution < 1.29 is 39.0 Å². The SMILES string of the molecule is C=CCOC12Oc3ccc(Oc4ccc(SC)cc4)cc3C3C(CCCCO)C(CCCCO)C=C(C(=NOCc4ccc([N+](=O)[O-])cc4)CC1N(Cc1cccc4ccccc14)C(=O)c1ccc(C#N)cc1)C32. The number of carbonyl (C=O) groups is 1. The van der Waals surface area contributed by atoms with Crippen molar-refractivity contribution in [3.8, 4) is 23.3 Å². The zero-order chi connectivity index (χ0) is 51.6. The number of hydrogen-bond donors (Lipinski definition) is 2. The number of nitrogens with zero attached hydrogens (tertiary/aromatic N) is 4. The van der Waals surface area contributed by atoms with Crippen LogP contribution in [-0.2, 0) is 22.7 Å². The number of nitro benzene ring substituents is 1. The van der Waals surface area contributed by atoms with Gasteiger partial charge in [-0.05, 0) is 150 Å². The molecule has 0 radical (unpaired) electrons. The highest BCUT2D eigenvalue weighted by molar-refractivity contribution is 7.98. The van der Waals surface area contributed by atoms with E-state index in [1.807, 2.05) is 84.0 Å². The zero-order valence-electron chi connectivity index (χ0n) is 41.4. The van der Waals surface area contributed by atoms with Gasteiger partial charge in [-0.25, -0.2) is 0 Å². The second-order valence-corrected chi connectivity index (χ2v) is 19.9. The Labute approximate surface area is 435 Å². The van der Waals surface area contributed by atoms with Crippen molar-refractivity contribution in [1.82, 2.24) is 4.90 Å². The van der Waals surface area contributed by atoms with E-state index in [1.54, 1.807) is 54.2 Å². The Bertz CT molecular complexity index is 3060. The van der Waals surface area contributed by atoms with Crippen LogP contribution < -0.4 is 9.47 Å². The first kappa shape index (κ1) is 51.6. The second-order valence-electron chi connectivity index (χ2n) is 19.0. The van der Waals surface area contributed by atoms with Gasteiger partial charge in [0.05, 0.1) is 34.8 Å². The summed E-state index contributed by atoms with van der Waals surface area (Å²) in [6.07, 6.45) is 10.4. The lowest BCUT2D eigenvalue weighted by atomic mass is 9.55. The Morgan fingerprint density at radius 3 is 2.38 bits per heavy atom. The molecule has 6 aromatic carbocycles. The van der Waals surface area contributed by atoms with E-state index in [4.69, 9.17) is 24.2 Å². The number of aliphatic hydroxyl groups excluding tert-OH is 2. The van der Waals surface area contributed by atoms with Gasteiger partial charge in [-0.15, -0.1) is 18.3 Å². The van der Waals surface area contributed by atoms with Gasteiger partial charge in [0.1, 0.15) is 29.9 Å². The minimum Gasteiger partial charge on any atom is -0.459 e. The standard InChI is InChI=1S/C60H60N4O9S/c1-3-33-70-60-56(63(59(67)43-21-17-40(37-61)18-22-43)38-45-14-10-13-42-11-4-5-15-50(42)45)36-54(62-71-39-41-19-23-46(24-20-41)64(68)69)52-34-44(12-6-8-31-65)51(16-7-9-32-66)57(58(52)60)53-35-48(27-30-55(53)73-60)72-47-25-28-49(74-2)29-26-47/h3-5,10-11,13-15,17-30,34-35,44,51,56-58,65-66H,1,6-9,12,16,31-33,36,38-39H2,2H3. The molecule has 13 nitrogen and oxygen atoms in total. The van der Waals surface area contributed by atoms with Gasteiger partial charge in [0, 0.05) is 60.3 Å². The van der Waals surface area contributed by atoms with E-state index in [1.165, 1.54) is 12.1 Å². The van der Waals surface area contributed by atoms with Crippen LogP contribution in [0.25, 0.3) is 10.8 Å². The van der Waals surface area contributed by atoms with Crippen LogP contribution in [0.2, 0.25) is 0 Å². The van der Waals surface area contributed by atoms with Crippen LogP contribution >= 0.6 is 11.8 Å². The number of aliphatic hydroxyl groups is 2. The van der Waals surface area contributed by atoms with Crippen LogP contribution in [0, 0.1) is 39.2 Å². The quantitative estimate of drug-likeness (QED) is 0.0217. The fourth-order valence-electron chi connectivity index (χ4n) is 11.2. The number of carbonyl (C=O) groups excluding carboxylic acids is 1. The fourth-order valence-corrected chi connectivity index (χ4v) is 11.6. The summed E-state index contributed by atoms with van der Waals surface area (Å²) in [6, 6.07) is 42.1. The molecule has 1 heterocycles. The highest BCUT2D eigenvalue weighted by Crippen LogP contribution is 2.62. The second kappa shape index (κ2) is 23.7. The molecule has 380 valence electrons. The number of non-ortho nitro benzene ring substituents is 1. The Hall–Kier alpha value is -7.28. The minimum absolute atomic E-state index is 0.0111.